The van der Waals surface area contributed by atoms with Crippen molar-refractivity contribution in [3.8, 4) is 5.69 Å². The molecule has 0 aliphatic heterocycles. The van der Waals surface area contributed by atoms with E-state index in [1.54, 1.807) is 12.1 Å². The van der Waals surface area contributed by atoms with Gasteiger partial charge in [0.05, 0.1) is 10.7 Å². The zero-order valence-electron chi connectivity index (χ0n) is 10.4. The number of fused-ring (bicyclic) bond motifs is 1. The second kappa shape index (κ2) is 5.22. The predicted octanol–water partition coefficient (Wildman–Crippen LogP) is 4.17. The quantitative estimate of drug-likeness (QED) is 0.608. The minimum absolute atomic E-state index is 0.0338. The van der Waals surface area contributed by atoms with Crippen molar-refractivity contribution in [2.75, 3.05) is 0 Å². The van der Waals surface area contributed by atoms with Crippen LogP contribution >= 0.6 is 34.5 Å². The van der Waals surface area contributed by atoms with Crippen molar-refractivity contribution in [2.24, 2.45) is 0 Å². The van der Waals surface area contributed by atoms with Crippen LogP contribution in [0.15, 0.2) is 29.1 Å². The van der Waals surface area contributed by atoms with Crippen LogP contribution in [0, 0.1) is 0 Å². The molecule has 10 heteroatoms. The van der Waals surface area contributed by atoms with E-state index in [9.17, 15) is 18.0 Å². The Morgan fingerprint density at radius 1 is 1.14 bits per heavy atom. The number of nitrogens with zero attached hydrogens (tertiary/aromatic N) is 3. The van der Waals surface area contributed by atoms with Crippen molar-refractivity contribution in [3.05, 3.63) is 49.9 Å². The number of hydrogen-bond donors (Lipinski definition) is 0. The number of thiazole rings is 1. The van der Waals surface area contributed by atoms with Gasteiger partial charge in [-0.2, -0.15) is 18.2 Å². The summed E-state index contributed by atoms with van der Waals surface area (Å²) in [7, 11) is 0. The van der Waals surface area contributed by atoms with Crippen LogP contribution in [0.4, 0.5) is 13.2 Å². The molecule has 114 valence electrons. The van der Waals surface area contributed by atoms with Crippen LogP contribution in [0.2, 0.25) is 10.2 Å². The van der Waals surface area contributed by atoms with Crippen LogP contribution < -0.4 is 5.69 Å². The molecule has 3 aromatic rings. The molecule has 0 radical (unpaired) electrons. The van der Waals surface area contributed by atoms with Gasteiger partial charge in [0.2, 0.25) is 5.01 Å². The number of hydrogen-bond acceptors (Lipinski definition) is 4. The summed E-state index contributed by atoms with van der Waals surface area (Å²) >= 11 is 12.1. The minimum Gasteiger partial charge on any atom is -0.245 e. The summed E-state index contributed by atoms with van der Waals surface area (Å²) in [5, 5.41) is -1.26. The van der Waals surface area contributed by atoms with Crippen LogP contribution in [0.3, 0.4) is 0 Å². The highest BCUT2D eigenvalue weighted by molar-refractivity contribution is 7.19. The lowest BCUT2D eigenvalue weighted by Crippen LogP contribution is -2.22. The molecular weight excluding hydrogens is 362 g/mol. The molecule has 0 N–H and O–H groups in total. The third kappa shape index (κ3) is 2.47. The zero-order valence-corrected chi connectivity index (χ0v) is 12.7. The Hall–Kier alpha value is -1.64. The molecule has 3 rings (SSSR count). The Morgan fingerprint density at radius 2 is 1.82 bits per heavy atom. The van der Waals surface area contributed by atoms with Gasteiger partial charge < -0.3 is 0 Å². The van der Waals surface area contributed by atoms with Gasteiger partial charge in [-0.25, -0.2) is 14.3 Å². The summed E-state index contributed by atoms with van der Waals surface area (Å²) in [6.07, 6.45) is -4.64. The van der Waals surface area contributed by atoms with Crippen LogP contribution in [-0.2, 0) is 6.18 Å². The molecule has 0 aliphatic carbocycles. The van der Waals surface area contributed by atoms with E-state index < -0.39 is 16.9 Å². The summed E-state index contributed by atoms with van der Waals surface area (Å²) in [6.45, 7) is 0. The topological polar surface area (TPSA) is 47.8 Å². The van der Waals surface area contributed by atoms with E-state index in [2.05, 4.69) is 9.97 Å². The molecule has 0 aliphatic rings. The van der Waals surface area contributed by atoms with Gasteiger partial charge in [0.15, 0.2) is 10.8 Å². The summed E-state index contributed by atoms with van der Waals surface area (Å²) in [5.74, 6) is 0. The molecule has 0 saturated carbocycles. The lowest BCUT2D eigenvalue weighted by Gasteiger charge is -2.08. The van der Waals surface area contributed by atoms with E-state index in [0.29, 0.717) is 11.3 Å². The fourth-order valence-corrected chi connectivity index (χ4v) is 3.14. The van der Waals surface area contributed by atoms with Gasteiger partial charge in [-0.3, -0.25) is 0 Å². The summed E-state index contributed by atoms with van der Waals surface area (Å²) < 4.78 is 39.4. The van der Waals surface area contributed by atoms with Crippen LogP contribution in [-0.4, -0.2) is 14.5 Å². The summed E-state index contributed by atoms with van der Waals surface area (Å²) in [5.41, 5.74) is -0.901. The Morgan fingerprint density at radius 3 is 2.45 bits per heavy atom. The van der Waals surface area contributed by atoms with Gasteiger partial charge in [-0.1, -0.05) is 35.3 Å². The normalized spacial score (nSPS) is 12.0. The van der Waals surface area contributed by atoms with Crippen LogP contribution in [0.5, 0.6) is 0 Å². The second-order valence-electron chi connectivity index (χ2n) is 4.14. The molecule has 22 heavy (non-hydrogen) atoms. The highest BCUT2D eigenvalue weighted by Gasteiger charge is 2.36. The largest absolute Gasteiger partial charge is 0.443 e. The minimum atomic E-state index is -4.64. The van der Waals surface area contributed by atoms with Crippen molar-refractivity contribution < 1.29 is 13.2 Å². The first-order chi connectivity index (χ1) is 10.3. The molecule has 1 aromatic carbocycles. The first kappa shape index (κ1) is 15.3. The highest BCUT2D eigenvalue weighted by atomic mass is 35.5. The molecule has 4 nitrogen and oxygen atoms in total. The van der Waals surface area contributed by atoms with Crippen molar-refractivity contribution in [2.45, 2.75) is 6.18 Å². The lowest BCUT2D eigenvalue weighted by molar-refractivity contribution is -0.137. The van der Waals surface area contributed by atoms with E-state index in [-0.39, 0.29) is 26.2 Å². The number of halogens is 5. The Kier molecular flexibility index (Phi) is 3.62. The zero-order chi connectivity index (χ0) is 16.1. The maximum Gasteiger partial charge on any atom is 0.443 e. The van der Waals surface area contributed by atoms with Crippen molar-refractivity contribution >= 4 is 44.9 Å². The van der Waals surface area contributed by atoms with Gasteiger partial charge in [0.25, 0.3) is 0 Å². The van der Waals surface area contributed by atoms with Crippen molar-refractivity contribution in [1.82, 2.24) is 14.5 Å². The van der Waals surface area contributed by atoms with E-state index in [1.807, 2.05) is 0 Å². The third-order valence-corrected chi connectivity index (χ3v) is 4.53. The lowest BCUT2D eigenvalue weighted by atomic mass is 10.3. The van der Waals surface area contributed by atoms with E-state index in [4.69, 9.17) is 23.2 Å². The summed E-state index contributed by atoms with van der Waals surface area (Å²) in [6, 6.07) is 6.19. The fourth-order valence-electron chi connectivity index (χ4n) is 1.84. The number of alkyl halides is 3. The average molecular weight is 366 g/mol. The van der Waals surface area contributed by atoms with Crippen LogP contribution in [0.1, 0.15) is 5.01 Å². The maximum atomic E-state index is 12.8. The number of rotatable bonds is 1. The van der Waals surface area contributed by atoms with Crippen LogP contribution in [0.25, 0.3) is 16.0 Å². The molecule has 0 saturated heterocycles. The Bertz CT molecular complexity index is 935. The molecule has 2 aromatic heterocycles. The fraction of sp³-hybridized carbons (Fsp3) is 0.0833. The van der Waals surface area contributed by atoms with Gasteiger partial charge >= 0.3 is 11.9 Å². The number of benzene rings is 1. The van der Waals surface area contributed by atoms with E-state index >= 15 is 0 Å². The van der Waals surface area contributed by atoms with E-state index in [0.717, 1.165) is 4.57 Å². The van der Waals surface area contributed by atoms with Gasteiger partial charge in [0.1, 0.15) is 4.70 Å². The highest BCUT2D eigenvalue weighted by Crippen LogP contribution is 2.37. The molecular formula is C12H4Cl2F3N3OS. The van der Waals surface area contributed by atoms with Crippen molar-refractivity contribution in [3.63, 3.8) is 0 Å². The molecule has 0 bridgehead atoms. The molecule has 0 fully saturated rings. The monoisotopic (exact) mass is 365 g/mol. The molecule has 0 unspecified atom stereocenters. The smallest absolute Gasteiger partial charge is 0.245 e. The maximum absolute atomic E-state index is 12.8. The standard InChI is InChI=1S/C12H4Cl2F3N3OS/c13-5-3-1-2-4-6(5)20-9-7(8(14)18-11(20)21)22-10(19-9)12(15,16)17/h1-4H. The molecule has 0 atom stereocenters. The molecule has 2 heterocycles. The SMILES string of the molecule is O=c1nc(Cl)c2sc(C(F)(F)F)nc2n1-c1ccccc1Cl. The third-order valence-electron chi connectivity index (χ3n) is 2.73. The molecule has 0 amide bonds. The second-order valence-corrected chi connectivity index (χ2v) is 5.91. The molecule has 0 spiro atoms. The Balaban J connectivity index is 2.43. The summed E-state index contributed by atoms with van der Waals surface area (Å²) in [4.78, 5) is 19.1. The number of aromatic nitrogens is 3. The predicted molar refractivity (Wildman–Crippen MR) is 78.0 cm³/mol. The Labute approximate surface area is 134 Å². The average Bonchev–Trinajstić information content (AvgIpc) is 2.86. The van der Waals surface area contributed by atoms with Gasteiger partial charge in [0, 0.05) is 0 Å². The number of para-hydroxylation sites is 1. The van der Waals surface area contributed by atoms with Gasteiger partial charge in [-0.05, 0) is 12.1 Å². The first-order valence-corrected chi connectivity index (χ1v) is 7.27. The van der Waals surface area contributed by atoms with Crippen molar-refractivity contribution in [1.29, 1.82) is 0 Å². The van der Waals surface area contributed by atoms with Gasteiger partial charge in [-0.15, -0.1) is 11.3 Å². The first-order valence-electron chi connectivity index (χ1n) is 5.70. The van der Waals surface area contributed by atoms with E-state index in [1.165, 1.54) is 12.1 Å².